The SMILES string of the molecule is CC1CN(C(=O)c2c(F)cc(Br)cc2F)CC(C)N1. The second-order valence-electron chi connectivity index (χ2n) is 4.92. The van der Waals surface area contributed by atoms with Crippen LogP contribution in [0.1, 0.15) is 24.2 Å². The Morgan fingerprint density at radius 3 is 2.21 bits per heavy atom. The zero-order valence-electron chi connectivity index (χ0n) is 10.7. The minimum atomic E-state index is -0.837. The third-order valence-electron chi connectivity index (χ3n) is 3.07. The molecule has 6 heteroatoms. The van der Waals surface area contributed by atoms with Crippen LogP contribution in [-0.4, -0.2) is 36.0 Å². The number of nitrogens with zero attached hydrogens (tertiary/aromatic N) is 1. The van der Waals surface area contributed by atoms with Gasteiger partial charge in [0.15, 0.2) is 0 Å². The topological polar surface area (TPSA) is 32.3 Å². The summed E-state index contributed by atoms with van der Waals surface area (Å²) in [4.78, 5) is 13.7. The molecule has 3 nitrogen and oxygen atoms in total. The Morgan fingerprint density at radius 1 is 1.26 bits per heavy atom. The third kappa shape index (κ3) is 3.12. The van der Waals surface area contributed by atoms with Crippen molar-refractivity contribution >= 4 is 21.8 Å². The van der Waals surface area contributed by atoms with E-state index in [0.717, 1.165) is 12.1 Å². The first-order valence-corrected chi connectivity index (χ1v) is 6.87. The lowest BCUT2D eigenvalue weighted by molar-refractivity contribution is 0.0664. The molecule has 1 aliphatic heterocycles. The zero-order chi connectivity index (χ0) is 14.2. The number of amides is 1. The van der Waals surface area contributed by atoms with Crippen LogP contribution in [0.5, 0.6) is 0 Å². The highest BCUT2D eigenvalue weighted by Gasteiger charge is 2.29. The van der Waals surface area contributed by atoms with Crippen molar-refractivity contribution in [1.82, 2.24) is 10.2 Å². The number of hydrogen-bond donors (Lipinski definition) is 1. The highest BCUT2D eigenvalue weighted by molar-refractivity contribution is 9.10. The predicted octanol–water partition coefficient (Wildman–Crippen LogP) is 2.55. The number of hydrogen-bond acceptors (Lipinski definition) is 2. The minimum absolute atomic E-state index is 0.106. The normalized spacial score (nSPS) is 23.5. The number of nitrogens with one attached hydrogen (secondary N) is 1. The average Bonchev–Trinajstić information content (AvgIpc) is 2.25. The number of carbonyl (C=O) groups excluding carboxylic acids is 1. The number of rotatable bonds is 1. The van der Waals surface area contributed by atoms with Crippen LogP contribution in [0, 0.1) is 11.6 Å². The van der Waals surface area contributed by atoms with Crippen molar-refractivity contribution in [3.8, 4) is 0 Å². The lowest BCUT2D eigenvalue weighted by Gasteiger charge is -2.36. The molecule has 1 N–H and O–H groups in total. The highest BCUT2D eigenvalue weighted by atomic mass is 79.9. The second-order valence-corrected chi connectivity index (χ2v) is 5.84. The molecule has 0 aromatic heterocycles. The van der Waals surface area contributed by atoms with Crippen molar-refractivity contribution in [3.63, 3.8) is 0 Å². The largest absolute Gasteiger partial charge is 0.335 e. The number of halogens is 3. The molecule has 0 saturated carbocycles. The summed E-state index contributed by atoms with van der Waals surface area (Å²) >= 11 is 3.00. The van der Waals surface area contributed by atoms with Gasteiger partial charge in [-0.15, -0.1) is 0 Å². The van der Waals surface area contributed by atoms with E-state index in [-0.39, 0.29) is 16.6 Å². The van der Waals surface area contributed by atoms with Gasteiger partial charge >= 0.3 is 0 Å². The van der Waals surface area contributed by atoms with Crippen molar-refractivity contribution < 1.29 is 13.6 Å². The summed E-state index contributed by atoms with van der Waals surface area (Å²) in [5.41, 5.74) is -0.482. The molecule has 104 valence electrons. The minimum Gasteiger partial charge on any atom is -0.335 e. The molecule has 2 unspecified atom stereocenters. The maximum atomic E-state index is 13.8. The fraction of sp³-hybridized carbons (Fsp3) is 0.462. The average molecular weight is 333 g/mol. The monoisotopic (exact) mass is 332 g/mol. The maximum Gasteiger partial charge on any atom is 0.259 e. The van der Waals surface area contributed by atoms with Crippen molar-refractivity contribution in [3.05, 3.63) is 33.8 Å². The third-order valence-corrected chi connectivity index (χ3v) is 3.52. The summed E-state index contributed by atoms with van der Waals surface area (Å²) in [7, 11) is 0. The molecule has 2 atom stereocenters. The van der Waals surface area contributed by atoms with Crippen molar-refractivity contribution in [2.24, 2.45) is 0 Å². The lowest BCUT2D eigenvalue weighted by atomic mass is 10.1. The van der Waals surface area contributed by atoms with E-state index in [9.17, 15) is 13.6 Å². The van der Waals surface area contributed by atoms with Crippen LogP contribution < -0.4 is 5.32 Å². The molecule has 19 heavy (non-hydrogen) atoms. The molecule has 1 aromatic carbocycles. The Labute approximate surface area is 119 Å². The van der Waals surface area contributed by atoms with Gasteiger partial charge in [0.25, 0.3) is 5.91 Å². The van der Waals surface area contributed by atoms with Gasteiger partial charge in [-0.1, -0.05) is 15.9 Å². The first-order valence-electron chi connectivity index (χ1n) is 6.08. The van der Waals surface area contributed by atoms with Crippen LogP contribution in [0.15, 0.2) is 16.6 Å². The molecular weight excluding hydrogens is 318 g/mol. The van der Waals surface area contributed by atoms with Gasteiger partial charge in [0.05, 0.1) is 0 Å². The van der Waals surface area contributed by atoms with Gasteiger partial charge in [-0.05, 0) is 26.0 Å². The van der Waals surface area contributed by atoms with E-state index in [1.807, 2.05) is 13.8 Å². The number of benzene rings is 1. The van der Waals surface area contributed by atoms with Crippen LogP contribution >= 0.6 is 15.9 Å². The summed E-state index contributed by atoms with van der Waals surface area (Å²) in [6.07, 6.45) is 0. The fourth-order valence-electron chi connectivity index (χ4n) is 2.40. The first-order chi connectivity index (χ1) is 8.88. The van der Waals surface area contributed by atoms with Crippen LogP contribution in [0.3, 0.4) is 0 Å². The predicted molar refractivity (Wildman–Crippen MR) is 72.0 cm³/mol. The standard InChI is InChI=1S/C13H15BrF2N2O/c1-7-5-18(6-8(2)17-7)13(19)12-10(15)3-9(14)4-11(12)16/h3-4,7-8,17H,5-6H2,1-2H3. The van der Waals surface area contributed by atoms with Gasteiger partial charge in [0.2, 0.25) is 0 Å². The maximum absolute atomic E-state index is 13.8. The van der Waals surface area contributed by atoms with Crippen molar-refractivity contribution in [2.45, 2.75) is 25.9 Å². The lowest BCUT2D eigenvalue weighted by Crippen LogP contribution is -2.56. The van der Waals surface area contributed by atoms with Crippen molar-refractivity contribution in [2.75, 3.05) is 13.1 Å². The first kappa shape index (κ1) is 14.4. The van der Waals surface area contributed by atoms with Gasteiger partial charge in [-0.3, -0.25) is 4.79 Å². The highest BCUT2D eigenvalue weighted by Crippen LogP contribution is 2.21. The van der Waals surface area contributed by atoms with Gasteiger partial charge in [-0.2, -0.15) is 0 Å². The van der Waals surface area contributed by atoms with Gasteiger partial charge in [0.1, 0.15) is 17.2 Å². The van der Waals surface area contributed by atoms with Crippen LogP contribution in [-0.2, 0) is 0 Å². The van der Waals surface area contributed by atoms with E-state index in [1.165, 1.54) is 4.90 Å². The van der Waals surface area contributed by atoms with Gasteiger partial charge in [-0.25, -0.2) is 8.78 Å². The molecular formula is C13H15BrF2N2O. The van der Waals surface area contributed by atoms with Crippen molar-refractivity contribution in [1.29, 1.82) is 0 Å². The fourth-order valence-corrected chi connectivity index (χ4v) is 2.80. The Morgan fingerprint density at radius 2 is 1.74 bits per heavy atom. The van der Waals surface area contributed by atoms with Gasteiger partial charge in [0, 0.05) is 29.6 Å². The summed E-state index contributed by atoms with van der Waals surface area (Å²) in [6, 6.07) is 2.42. The molecule has 1 heterocycles. The Bertz CT molecular complexity index is 476. The van der Waals surface area contributed by atoms with Crippen LogP contribution in [0.2, 0.25) is 0 Å². The molecule has 1 fully saturated rings. The second kappa shape index (κ2) is 5.54. The van der Waals surface area contributed by atoms with E-state index in [2.05, 4.69) is 21.2 Å². The number of carbonyl (C=O) groups is 1. The Hall–Kier alpha value is -1.01. The molecule has 2 rings (SSSR count). The Balaban J connectivity index is 2.29. The van der Waals surface area contributed by atoms with Gasteiger partial charge < -0.3 is 10.2 Å². The molecule has 0 bridgehead atoms. The molecule has 0 aliphatic carbocycles. The Kier molecular flexibility index (Phi) is 4.20. The molecule has 1 aromatic rings. The molecule has 0 spiro atoms. The van der Waals surface area contributed by atoms with E-state index in [0.29, 0.717) is 13.1 Å². The summed E-state index contributed by atoms with van der Waals surface area (Å²) < 4.78 is 27.8. The number of piperazine rings is 1. The smallest absolute Gasteiger partial charge is 0.259 e. The van der Waals surface area contributed by atoms with E-state index in [1.54, 1.807) is 0 Å². The zero-order valence-corrected chi connectivity index (χ0v) is 12.3. The van der Waals surface area contributed by atoms with Crippen LogP contribution in [0.4, 0.5) is 8.78 Å². The molecule has 1 aliphatic rings. The van der Waals surface area contributed by atoms with E-state index in [4.69, 9.17) is 0 Å². The summed E-state index contributed by atoms with van der Waals surface area (Å²) in [5, 5.41) is 3.26. The summed E-state index contributed by atoms with van der Waals surface area (Å²) in [6.45, 7) is 4.75. The quantitative estimate of drug-likeness (QED) is 0.857. The van der Waals surface area contributed by atoms with E-state index < -0.39 is 23.1 Å². The summed E-state index contributed by atoms with van der Waals surface area (Å²) in [5.74, 6) is -2.27. The molecule has 0 radical (unpaired) electrons. The molecule has 1 saturated heterocycles. The van der Waals surface area contributed by atoms with E-state index >= 15 is 0 Å². The van der Waals surface area contributed by atoms with Crippen LogP contribution in [0.25, 0.3) is 0 Å². The molecule has 1 amide bonds.